The standard InChI is InChI=1S/C19H17ClF2N2O.C8H4N2O2/c20-13-7-15-12(3-2-6-24(15)10-11-8-23-9-11)19(22)17(13)18-14(21)4-1-5-16(18)25;11-7-8(12)10-6-4-2-1-3-5(6)9-7/h1-2,4-7,11,23,25H,3,8-10H2;1-4H. The summed E-state index contributed by atoms with van der Waals surface area (Å²) in [7, 11) is 0. The quantitative estimate of drug-likeness (QED) is 0.516. The minimum Gasteiger partial charge on any atom is -0.507 e. The van der Waals surface area contributed by atoms with Crippen molar-refractivity contribution in [2.45, 2.75) is 6.42 Å². The Labute approximate surface area is 215 Å². The van der Waals surface area contributed by atoms with Crippen molar-refractivity contribution in [1.82, 2.24) is 5.32 Å². The number of carbonyl (C=O) groups excluding carboxylic acids is 2. The number of phenolic OH excluding ortho intramolecular Hbond substituents is 1. The van der Waals surface area contributed by atoms with Crippen LogP contribution in [-0.2, 0) is 16.0 Å². The molecule has 0 saturated carbocycles. The van der Waals surface area contributed by atoms with Crippen molar-refractivity contribution in [3.63, 3.8) is 0 Å². The minimum absolute atomic E-state index is 0.0865. The molecular weight excluding hydrogens is 502 g/mol. The highest BCUT2D eigenvalue weighted by Gasteiger charge is 2.28. The summed E-state index contributed by atoms with van der Waals surface area (Å²) in [5.74, 6) is -2.70. The van der Waals surface area contributed by atoms with Gasteiger partial charge in [-0.2, -0.15) is 0 Å². The van der Waals surface area contributed by atoms with Gasteiger partial charge in [0.2, 0.25) is 0 Å². The first kappa shape index (κ1) is 24.7. The smallest absolute Gasteiger partial charge is 0.338 e. The van der Waals surface area contributed by atoms with E-state index in [2.05, 4.69) is 15.3 Å². The van der Waals surface area contributed by atoms with Gasteiger partial charge in [0.15, 0.2) is 0 Å². The normalized spacial score (nSPS) is 16.0. The van der Waals surface area contributed by atoms with Crippen molar-refractivity contribution >= 4 is 29.1 Å². The maximum atomic E-state index is 15.2. The second kappa shape index (κ2) is 10.2. The third-order valence-corrected chi connectivity index (χ3v) is 6.58. The zero-order valence-corrected chi connectivity index (χ0v) is 20.2. The van der Waals surface area contributed by atoms with Gasteiger partial charge in [0.05, 0.1) is 21.3 Å². The summed E-state index contributed by atoms with van der Waals surface area (Å²) in [5, 5.41) is 14.2. The Balaban J connectivity index is 0.000000195. The van der Waals surface area contributed by atoms with Gasteiger partial charge in [0.25, 0.3) is 0 Å². The number of nitrogens with zero attached hydrogens (tertiary/aromatic N) is 3. The van der Waals surface area contributed by atoms with E-state index in [1.165, 1.54) is 18.2 Å². The lowest BCUT2D eigenvalue weighted by Crippen LogP contribution is -2.47. The van der Waals surface area contributed by atoms with Crippen molar-refractivity contribution in [2.75, 3.05) is 24.5 Å². The number of rotatable bonds is 3. The van der Waals surface area contributed by atoms with Crippen LogP contribution >= 0.6 is 11.6 Å². The van der Waals surface area contributed by atoms with Crippen molar-refractivity contribution < 1.29 is 23.5 Å². The van der Waals surface area contributed by atoms with E-state index in [0.29, 0.717) is 34.3 Å². The summed E-state index contributed by atoms with van der Waals surface area (Å²) in [6.07, 6.45) is 4.23. The van der Waals surface area contributed by atoms with E-state index in [4.69, 9.17) is 11.6 Å². The van der Waals surface area contributed by atoms with Crippen LogP contribution in [0.2, 0.25) is 5.02 Å². The summed E-state index contributed by atoms with van der Waals surface area (Å²) in [6, 6.07) is 12.3. The first-order chi connectivity index (χ1) is 17.8. The van der Waals surface area contributed by atoms with Gasteiger partial charge < -0.3 is 15.3 Å². The van der Waals surface area contributed by atoms with Crippen molar-refractivity contribution in [2.24, 2.45) is 15.9 Å². The summed E-state index contributed by atoms with van der Waals surface area (Å²) in [5.41, 5.74) is 0.891. The molecule has 1 fully saturated rings. The number of hydrogen-bond acceptors (Lipinski definition) is 5. The molecule has 7 nitrogen and oxygen atoms in total. The number of nitrogens with one attached hydrogen (secondary N) is 1. The highest BCUT2D eigenvalue weighted by molar-refractivity contribution is 6.36. The van der Waals surface area contributed by atoms with E-state index in [0.717, 1.165) is 19.6 Å². The highest BCUT2D eigenvalue weighted by Crippen LogP contribution is 2.43. The maximum absolute atomic E-state index is 15.2. The van der Waals surface area contributed by atoms with E-state index in [9.17, 15) is 19.1 Å². The number of aromatic hydroxyl groups is 1. The van der Waals surface area contributed by atoms with Crippen LogP contribution in [0.4, 0.5) is 14.5 Å². The van der Waals surface area contributed by atoms with Crippen molar-refractivity contribution in [1.29, 1.82) is 0 Å². The van der Waals surface area contributed by atoms with E-state index in [1.807, 2.05) is 17.2 Å². The average molecular weight is 523 g/mol. The van der Waals surface area contributed by atoms with Gasteiger partial charge in [0, 0.05) is 48.6 Å². The molecule has 3 aliphatic rings. The van der Waals surface area contributed by atoms with Crippen LogP contribution in [0.1, 0.15) is 5.56 Å². The van der Waals surface area contributed by atoms with Gasteiger partial charge in [-0.05, 0) is 36.8 Å². The number of para-hydroxylation sites is 2. The molecule has 0 aromatic heterocycles. The largest absolute Gasteiger partial charge is 0.507 e. The van der Waals surface area contributed by atoms with Crippen LogP contribution in [0.5, 0.6) is 5.75 Å². The van der Waals surface area contributed by atoms with Crippen LogP contribution in [0, 0.1) is 17.6 Å². The predicted octanol–water partition coefficient (Wildman–Crippen LogP) is 3.08. The molecule has 188 valence electrons. The second-order valence-electron chi connectivity index (χ2n) is 8.77. The lowest BCUT2D eigenvalue weighted by atomic mass is 9.95. The Hall–Kier alpha value is -3.95. The molecule has 1 saturated heterocycles. The summed E-state index contributed by atoms with van der Waals surface area (Å²) in [6.45, 7) is 2.66. The Morgan fingerprint density at radius 3 is 2.27 bits per heavy atom. The Morgan fingerprint density at radius 2 is 1.68 bits per heavy atom. The number of fused-ring (bicyclic) bond motifs is 2. The monoisotopic (exact) mass is 522 g/mol. The Bertz CT molecular complexity index is 1510. The highest BCUT2D eigenvalue weighted by atomic mass is 35.5. The third kappa shape index (κ3) is 4.87. The second-order valence-corrected chi connectivity index (χ2v) is 9.17. The molecule has 3 aliphatic heterocycles. The summed E-state index contributed by atoms with van der Waals surface area (Å²) in [4.78, 5) is 30.6. The molecule has 0 bridgehead atoms. The van der Waals surface area contributed by atoms with Crippen LogP contribution in [0.3, 0.4) is 0 Å². The lowest BCUT2D eigenvalue weighted by Gasteiger charge is -2.35. The van der Waals surface area contributed by atoms with Crippen molar-refractivity contribution in [3.8, 4) is 16.9 Å². The zero-order chi connectivity index (χ0) is 26.1. The number of halogens is 3. The average Bonchev–Trinajstić information content (AvgIpc) is 2.84. The molecule has 0 radical (unpaired) electrons. The molecule has 0 atom stereocenters. The maximum Gasteiger partial charge on any atom is 0.338 e. The molecule has 37 heavy (non-hydrogen) atoms. The SMILES string of the molecule is O=C1N=c2ccccc2=NC1=O.Oc1cccc(F)c1-c1c(Cl)cc2c(c1F)CC=CN2CC1CNC1. The topological polar surface area (TPSA) is 94.4 Å². The van der Waals surface area contributed by atoms with Crippen LogP contribution in [0.15, 0.2) is 70.8 Å². The van der Waals surface area contributed by atoms with Crippen LogP contribution in [0.25, 0.3) is 11.1 Å². The molecule has 3 aromatic rings. The molecule has 3 aromatic carbocycles. The van der Waals surface area contributed by atoms with Crippen LogP contribution < -0.4 is 20.9 Å². The number of allylic oxidation sites excluding steroid dienone is 1. The fraction of sp³-hybridized carbons (Fsp3) is 0.185. The Morgan fingerprint density at radius 1 is 1.00 bits per heavy atom. The number of amides is 2. The molecule has 0 spiro atoms. The van der Waals surface area contributed by atoms with Crippen molar-refractivity contribution in [3.05, 3.63) is 93.7 Å². The lowest BCUT2D eigenvalue weighted by molar-refractivity contribution is -0.135. The minimum atomic E-state index is -0.797. The van der Waals surface area contributed by atoms with E-state index in [1.54, 1.807) is 30.3 Å². The number of anilines is 1. The molecule has 6 rings (SSSR count). The first-order valence-corrected chi connectivity index (χ1v) is 11.9. The van der Waals surface area contributed by atoms with E-state index >= 15 is 4.39 Å². The summed E-state index contributed by atoms with van der Waals surface area (Å²) >= 11 is 6.31. The molecule has 3 heterocycles. The zero-order valence-electron chi connectivity index (χ0n) is 19.4. The van der Waals surface area contributed by atoms with E-state index in [-0.39, 0.29) is 21.9 Å². The van der Waals surface area contributed by atoms with Gasteiger partial charge in [-0.25, -0.2) is 18.8 Å². The molecule has 0 unspecified atom stereocenters. The van der Waals surface area contributed by atoms with Crippen LogP contribution in [-0.4, -0.2) is 36.6 Å². The van der Waals surface area contributed by atoms with Gasteiger partial charge in [-0.1, -0.05) is 35.9 Å². The summed E-state index contributed by atoms with van der Waals surface area (Å²) < 4.78 is 29.4. The molecule has 2 amide bonds. The number of hydrogen-bond donors (Lipinski definition) is 2. The fourth-order valence-electron chi connectivity index (χ4n) is 4.35. The predicted molar refractivity (Wildman–Crippen MR) is 134 cm³/mol. The molecule has 10 heteroatoms. The number of carbonyl (C=O) groups is 2. The van der Waals surface area contributed by atoms with Gasteiger partial charge in [0.1, 0.15) is 17.4 Å². The van der Waals surface area contributed by atoms with Gasteiger partial charge in [-0.3, -0.25) is 9.59 Å². The third-order valence-electron chi connectivity index (χ3n) is 6.28. The first-order valence-electron chi connectivity index (χ1n) is 11.6. The van der Waals surface area contributed by atoms with Gasteiger partial charge >= 0.3 is 11.8 Å². The number of benzene rings is 3. The molecule has 0 aliphatic carbocycles. The number of phenols is 1. The molecular formula is C27H21ClF2N4O3. The van der Waals surface area contributed by atoms with Gasteiger partial charge in [-0.15, -0.1) is 0 Å². The fourth-order valence-corrected chi connectivity index (χ4v) is 4.63. The Kier molecular flexibility index (Phi) is 6.82. The molecule has 2 N–H and O–H groups in total. The van der Waals surface area contributed by atoms with E-state index < -0.39 is 23.4 Å².